The molecule has 0 spiro atoms. The first-order valence-electron chi connectivity index (χ1n) is 8.59. The number of benzene rings is 1. The predicted octanol–water partition coefficient (Wildman–Crippen LogP) is 3.14. The quantitative estimate of drug-likeness (QED) is 0.910. The maximum atomic E-state index is 13.3. The van der Waals surface area contributed by atoms with Gasteiger partial charge >= 0.3 is 0 Å². The second kappa shape index (κ2) is 7.78. The standard InChI is InChI=1S/C19H22F2N4O/c1-24-10-8-14(9-11-24)25(2)18-5-3-4-17(22-18)23-19(26)13-6-7-15(20)16(21)12-13/h3-7,12,14H,8-11H2,1-2H3,(H,22,23,26). The van der Waals surface area contributed by atoms with Gasteiger partial charge in [0.2, 0.25) is 0 Å². The summed E-state index contributed by atoms with van der Waals surface area (Å²) in [6.45, 7) is 2.09. The van der Waals surface area contributed by atoms with Gasteiger partial charge in [0.05, 0.1) is 0 Å². The van der Waals surface area contributed by atoms with Crippen LogP contribution in [0.25, 0.3) is 0 Å². The number of carbonyl (C=O) groups is 1. The van der Waals surface area contributed by atoms with Crippen molar-refractivity contribution >= 4 is 17.5 Å². The zero-order valence-electron chi connectivity index (χ0n) is 14.9. The molecule has 7 heteroatoms. The van der Waals surface area contributed by atoms with E-state index >= 15 is 0 Å². The van der Waals surface area contributed by atoms with Crippen LogP contribution in [0.4, 0.5) is 20.4 Å². The Bertz CT molecular complexity index is 791. The lowest BCUT2D eigenvalue weighted by molar-refractivity contribution is 0.102. The highest BCUT2D eigenvalue weighted by Crippen LogP contribution is 2.21. The van der Waals surface area contributed by atoms with Gasteiger partial charge in [0.1, 0.15) is 11.6 Å². The lowest BCUT2D eigenvalue weighted by atomic mass is 10.0. The van der Waals surface area contributed by atoms with Crippen LogP contribution < -0.4 is 10.2 Å². The fourth-order valence-electron chi connectivity index (χ4n) is 3.08. The third-order valence-corrected chi connectivity index (χ3v) is 4.75. The molecule has 0 saturated carbocycles. The molecule has 2 aromatic rings. The van der Waals surface area contributed by atoms with Crippen molar-refractivity contribution in [1.29, 1.82) is 0 Å². The van der Waals surface area contributed by atoms with Crippen molar-refractivity contribution in [2.75, 3.05) is 37.4 Å². The first-order valence-corrected chi connectivity index (χ1v) is 8.59. The van der Waals surface area contributed by atoms with Gasteiger partial charge in [-0.25, -0.2) is 13.8 Å². The number of halogens is 2. The van der Waals surface area contributed by atoms with Crippen molar-refractivity contribution < 1.29 is 13.6 Å². The molecule has 0 aliphatic carbocycles. The third-order valence-electron chi connectivity index (χ3n) is 4.75. The topological polar surface area (TPSA) is 48.5 Å². The van der Waals surface area contributed by atoms with Crippen LogP contribution in [0.2, 0.25) is 0 Å². The molecule has 1 aliphatic rings. The van der Waals surface area contributed by atoms with Crippen molar-refractivity contribution in [3.63, 3.8) is 0 Å². The average molecular weight is 360 g/mol. The van der Waals surface area contributed by atoms with Crippen molar-refractivity contribution in [2.24, 2.45) is 0 Å². The number of aromatic nitrogens is 1. The number of hydrogen-bond acceptors (Lipinski definition) is 4. The van der Waals surface area contributed by atoms with Crippen molar-refractivity contribution in [1.82, 2.24) is 9.88 Å². The Morgan fingerprint density at radius 2 is 1.92 bits per heavy atom. The normalized spacial score (nSPS) is 15.7. The summed E-state index contributed by atoms with van der Waals surface area (Å²) in [5.41, 5.74) is 0.0415. The summed E-state index contributed by atoms with van der Waals surface area (Å²) in [5.74, 6) is -1.43. The first-order chi connectivity index (χ1) is 12.4. The monoisotopic (exact) mass is 360 g/mol. The van der Waals surface area contributed by atoms with E-state index in [9.17, 15) is 13.6 Å². The minimum absolute atomic E-state index is 0.0415. The number of anilines is 2. The van der Waals surface area contributed by atoms with Crippen LogP contribution in [0.5, 0.6) is 0 Å². The molecule has 3 rings (SSSR count). The van der Waals surface area contributed by atoms with Gasteiger partial charge in [0.15, 0.2) is 11.6 Å². The van der Waals surface area contributed by atoms with E-state index < -0.39 is 17.5 Å². The summed E-state index contributed by atoms with van der Waals surface area (Å²) >= 11 is 0. The highest BCUT2D eigenvalue weighted by Gasteiger charge is 2.21. The molecule has 2 heterocycles. The van der Waals surface area contributed by atoms with Gasteiger partial charge in [-0.1, -0.05) is 6.07 Å². The van der Waals surface area contributed by atoms with Gasteiger partial charge in [-0.2, -0.15) is 0 Å². The molecular weight excluding hydrogens is 338 g/mol. The van der Waals surface area contributed by atoms with Gasteiger partial charge in [-0.05, 0) is 63.3 Å². The summed E-state index contributed by atoms with van der Waals surface area (Å²) in [7, 11) is 4.11. The average Bonchev–Trinajstić information content (AvgIpc) is 2.64. The van der Waals surface area contributed by atoms with Crippen molar-refractivity contribution in [3.8, 4) is 0 Å². The molecule has 0 unspecified atom stereocenters. The summed E-state index contributed by atoms with van der Waals surface area (Å²) in [5, 5.41) is 2.64. The lowest BCUT2D eigenvalue weighted by Crippen LogP contribution is -2.42. The zero-order valence-corrected chi connectivity index (χ0v) is 14.9. The van der Waals surface area contributed by atoms with E-state index in [4.69, 9.17) is 0 Å². The molecule has 1 fully saturated rings. The van der Waals surface area contributed by atoms with Gasteiger partial charge in [0, 0.05) is 18.7 Å². The molecule has 0 bridgehead atoms. The Morgan fingerprint density at radius 3 is 2.62 bits per heavy atom. The Hall–Kier alpha value is -2.54. The second-order valence-corrected chi connectivity index (χ2v) is 6.61. The number of carbonyl (C=O) groups excluding carboxylic acids is 1. The van der Waals surface area contributed by atoms with Crippen LogP contribution in [-0.2, 0) is 0 Å². The highest BCUT2D eigenvalue weighted by atomic mass is 19.2. The molecule has 0 radical (unpaired) electrons. The van der Waals surface area contributed by atoms with E-state index in [0.29, 0.717) is 11.9 Å². The molecular formula is C19H22F2N4O. The van der Waals surface area contributed by atoms with Crippen LogP contribution >= 0.6 is 0 Å². The fraction of sp³-hybridized carbons (Fsp3) is 0.368. The minimum Gasteiger partial charge on any atom is -0.357 e. The van der Waals surface area contributed by atoms with E-state index in [1.807, 2.05) is 19.2 Å². The summed E-state index contributed by atoms with van der Waals surface area (Å²) in [6.07, 6.45) is 2.11. The number of pyridine rings is 1. The van der Waals surface area contributed by atoms with Crippen LogP contribution in [0.3, 0.4) is 0 Å². The van der Waals surface area contributed by atoms with E-state index in [1.54, 1.807) is 6.07 Å². The molecule has 0 atom stereocenters. The van der Waals surface area contributed by atoms with Gasteiger partial charge in [0.25, 0.3) is 5.91 Å². The number of hydrogen-bond donors (Lipinski definition) is 1. The largest absolute Gasteiger partial charge is 0.357 e. The number of nitrogens with one attached hydrogen (secondary N) is 1. The van der Waals surface area contributed by atoms with Gasteiger partial charge < -0.3 is 15.1 Å². The predicted molar refractivity (Wildman–Crippen MR) is 97.5 cm³/mol. The number of piperidine rings is 1. The van der Waals surface area contributed by atoms with Crippen LogP contribution in [0.15, 0.2) is 36.4 Å². The van der Waals surface area contributed by atoms with Crippen LogP contribution in [0, 0.1) is 11.6 Å². The van der Waals surface area contributed by atoms with Crippen LogP contribution in [0.1, 0.15) is 23.2 Å². The Kier molecular flexibility index (Phi) is 5.46. The molecule has 1 saturated heterocycles. The van der Waals surface area contributed by atoms with E-state index in [1.165, 1.54) is 6.07 Å². The van der Waals surface area contributed by atoms with Crippen LogP contribution in [-0.4, -0.2) is 49.0 Å². The van der Waals surface area contributed by atoms with Gasteiger partial charge in [-0.3, -0.25) is 4.79 Å². The zero-order chi connectivity index (χ0) is 18.7. The molecule has 138 valence electrons. The van der Waals surface area contributed by atoms with Crippen molar-refractivity contribution in [2.45, 2.75) is 18.9 Å². The fourth-order valence-corrected chi connectivity index (χ4v) is 3.08. The molecule has 5 nitrogen and oxygen atoms in total. The van der Waals surface area contributed by atoms with E-state index in [0.717, 1.165) is 43.9 Å². The molecule has 26 heavy (non-hydrogen) atoms. The number of rotatable bonds is 4. The Balaban J connectivity index is 1.70. The number of likely N-dealkylation sites (tertiary alicyclic amines) is 1. The molecule has 1 aliphatic heterocycles. The SMILES string of the molecule is CN1CCC(N(C)c2cccc(NC(=O)c3ccc(F)c(F)c3)n2)CC1. The molecule has 1 aromatic heterocycles. The molecule has 1 N–H and O–H groups in total. The third kappa shape index (κ3) is 4.16. The molecule has 1 aromatic carbocycles. The molecule has 1 amide bonds. The summed E-state index contributed by atoms with van der Waals surface area (Å²) in [4.78, 5) is 21.1. The number of nitrogens with zero attached hydrogens (tertiary/aromatic N) is 3. The second-order valence-electron chi connectivity index (χ2n) is 6.61. The Morgan fingerprint density at radius 1 is 1.19 bits per heavy atom. The van der Waals surface area contributed by atoms with Gasteiger partial charge in [-0.15, -0.1) is 0 Å². The highest BCUT2D eigenvalue weighted by molar-refractivity contribution is 6.03. The van der Waals surface area contributed by atoms with Crippen molar-refractivity contribution in [3.05, 3.63) is 53.6 Å². The summed E-state index contributed by atoms with van der Waals surface area (Å²) in [6, 6.07) is 8.82. The Labute approximate surface area is 151 Å². The minimum atomic E-state index is -1.05. The van der Waals surface area contributed by atoms with E-state index in [2.05, 4.69) is 27.1 Å². The maximum Gasteiger partial charge on any atom is 0.256 e. The summed E-state index contributed by atoms with van der Waals surface area (Å²) < 4.78 is 26.3. The number of amides is 1. The lowest BCUT2D eigenvalue weighted by Gasteiger charge is -2.35. The first kappa shape index (κ1) is 18.3. The van der Waals surface area contributed by atoms with E-state index in [-0.39, 0.29) is 5.56 Å². The maximum absolute atomic E-state index is 13.3. The smallest absolute Gasteiger partial charge is 0.256 e.